The van der Waals surface area contributed by atoms with Crippen molar-refractivity contribution in [1.82, 2.24) is 5.32 Å². The van der Waals surface area contributed by atoms with Gasteiger partial charge in [0.1, 0.15) is 5.75 Å². The molecule has 16 heavy (non-hydrogen) atoms. The molecule has 0 amide bonds. The Balaban J connectivity index is 0.00000106. The zero-order valence-electron chi connectivity index (χ0n) is 11.0. The first kappa shape index (κ1) is 15.0. The Labute approximate surface area is 100 Å². The summed E-state index contributed by atoms with van der Waals surface area (Å²) in [4.78, 5) is 0. The summed E-state index contributed by atoms with van der Waals surface area (Å²) in [7, 11) is 1.72. The van der Waals surface area contributed by atoms with E-state index in [0.717, 1.165) is 25.3 Å². The lowest BCUT2D eigenvalue weighted by molar-refractivity contribution is 0.409. The standard InChI is InChI=1S/C12H19NO.C2H6/c1-3-9-13-10-8-11-6-4-5-7-12(11)14-2;1-2/h4-7,13H,3,8-10H2,1-2H3;1-2H3. The van der Waals surface area contributed by atoms with Gasteiger partial charge in [0.2, 0.25) is 0 Å². The molecule has 1 rings (SSSR count). The molecule has 0 aliphatic heterocycles. The van der Waals surface area contributed by atoms with Crippen LogP contribution < -0.4 is 10.1 Å². The van der Waals surface area contributed by atoms with E-state index in [2.05, 4.69) is 24.4 Å². The number of methoxy groups -OCH3 is 1. The number of rotatable bonds is 6. The molecule has 0 heterocycles. The molecule has 92 valence electrons. The van der Waals surface area contributed by atoms with Gasteiger partial charge in [0.05, 0.1) is 7.11 Å². The Bertz CT molecular complexity index is 261. The van der Waals surface area contributed by atoms with Crippen molar-refractivity contribution < 1.29 is 4.74 Å². The van der Waals surface area contributed by atoms with Crippen LogP contribution in [0.2, 0.25) is 0 Å². The molecule has 0 unspecified atom stereocenters. The minimum Gasteiger partial charge on any atom is -0.496 e. The van der Waals surface area contributed by atoms with Gasteiger partial charge in [0.25, 0.3) is 0 Å². The van der Waals surface area contributed by atoms with Crippen LogP contribution in [-0.4, -0.2) is 20.2 Å². The maximum Gasteiger partial charge on any atom is 0.122 e. The summed E-state index contributed by atoms with van der Waals surface area (Å²) in [5, 5.41) is 3.38. The lowest BCUT2D eigenvalue weighted by Gasteiger charge is -2.08. The summed E-state index contributed by atoms with van der Waals surface area (Å²) in [5.41, 5.74) is 1.28. The van der Waals surface area contributed by atoms with Crippen LogP contribution in [0.4, 0.5) is 0 Å². The molecule has 0 spiro atoms. The minimum atomic E-state index is 0.991. The van der Waals surface area contributed by atoms with Gasteiger partial charge in [-0.15, -0.1) is 0 Å². The SMILES string of the molecule is CC.CCCNCCc1ccccc1OC. The van der Waals surface area contributed by atoms with Crippen molar-refractivity contribution in [2.45, 2.75) is 33.6 Å². The minimum absolute atomic E-state index is 0.991. The second-order valence-electron chi connectivity index (χ2n) is 3.31. The van der Waals surface area contributed by atoms with Crippen LogP contribution in [0.25, 0.3) is 0 Å². The van der Waals surface area contributed by atoms with Gasteiger partial charge in [0.15, 0.2) is 0 Å². The van der Waals surface area contributed by atoms with E-state index in [0.29, 0.717) is 0 Å². The van der Waals surface area contributed by atoms with E-state index in [1.807, 2.05) is 26.0 Å². The van der Waals surface area contributed by atoms with E-state index in [1.165, 1.54) is 12.0 Å². The maximum atomic E-state index is 5.27. The highest BCUT2D eigenvalue weighted by Crippen LogP contribution is 2.16. The molecule has 0 radical (unpaired) electrons. The lowest BCUT2D eigenvalue weighted by atomic mass is 10.1. The first-order valence-corrected chi connectivity index (χ1v) is 6.21. The van der Waals surface area contributed by atoms with Crippen molar-refractivity contribution in [1.29, 1.82) is 0 Å². The molecule has 0 fully saturated rings. The number of para-hydroxylation sites is 1. The van der Waals surface area contributed by atoms with E-state index in [9.17, 15) is 0 Å². The van der Waals surface area contributed by atoms with Crippen LogP contribution in [0, 0.1) is 0 Å². The fourth-order valence-electron chi connectivity index (χ4n) is 1.43. The summed E-state index contributed by atoms with van der Waals surface area (Å²) in [5.74, 6) is 0.991. The molecular formula is C14H25NO. The third-order valence-corrected chi connectivity index (χ3v) is 2.19. The van der Waals surface area contributed by atoms with Gasteiger partial charge in [-0.25, -0.2) is 0 Å². The molecule has 0 saturated heterocycles. The molecule has 1 aromatic rings. The highest BCUT2D eigenvalue weighted by molar-refractivity contribution is 5.33. The third-order valence-electron chi connectivity index (χ3n) is 2.19. The van der Waals surface area contributed by atoms with Crippen molar-refractivity contribution in [3.63, 3.8) is 0 Å². The fraction of sp³-hybridized carbons (Fsp3) is 0.571. The monoisotopic (exact) mass is 223 g/mol. The highest BCUT2D eigenvalue weighted by atomic mass is 16.5. The second kappa shape index (κ2) is 10.5. The molecule has 0 aliphatic rings. The Morgan fingerprint density at radius 1 is 1.12 bits per heavy atom. The lowest BCUT2D eigenvalue weighted by Crippen LogP contribution is -2.17. The van der Waals surface area contributed by atoms with Crippen LogP contribution >= 0.6 is 0 Å². The Morgan fingerprint density at radius 2 is 1.81 bits per heavy atom. The van der Waals surface area contributed by atoms with Gasteiger partial charge < -0.3 is 10.1 Å². The average Bonchev–Trinajstić information content (AvgIpc) is 2.37. The normalized spacial score (nSPS) is 9.25. The van der Waals surface area contributed by atoms with E-state index >= 15 is 0 Å². The molecule has 0 bridgehead atoms. The van der Waals surface area contributed by atoms with E-state index in [1.54, 1.807) is 7.11 Å². The first-order valence-electron chi connectivity index (χ1n) is 6.21. The van der Waals surface area contributed by atoms with Crippen LogP contribution in [0.5, 0.6) is 5.75 Å². The molecule has 1 N–H and O–H groups in total. The van der Waals surface area contributed by atoms with Crippen molar-refractivity contribution >= 4 is 0 Å². The number of ether oxygens (including phenoxy) is 1. The maximum absolute atomic E-state index is 5.27. The van der Waals surface area contributed by atoms with E-state index < -0.39 is 0 Å². The summed E-state index contributed by atoms with van der Waals surface area (Å²) in [6, 6.07) is 8.18. The Kier molecular flexibility index (Phi) is 9.83. The predicted octanol–water partition coefficient (Wildman–Crippen LogP) is 3.26. The van der Waals surface area contributed by atoms with E-state index in [4.69, 9.17) is 4.74 Å². The molecule has 0 aromatic heterocycles. The first-order chi connectivity index (χ1) is 7.88. The Hall–Kier alpha value is -1.02. The van der Waals surface area contributed by atoms with Crippen molar-refractivity contribution in [3.8, 4) is 5.75 Å². The van der Waals surface area contributed by atoms with Gasteiger partial charge >= 0.3 is 0 Å². The predicted molar refractivity (Wildman–Crippen MR) is 71.2 cm³/mol. The quantitative estimate of drug-likeness (QED) is 0.747. The van der Waals surface area contributed by atoms with Gasteiger partial charge in [-0.1, -0.05) is 39.0 Å². The van der Waals surface area contributed by atoms with Crippen molar-refractivity contribution in [3.05, 3.63) is 29.8 Å². The molecule has 0 atom stereocenters. The number of benzene rings is 1. The topological polar surface area (TPSA) is 21.3 Å². The molecule has 2 nitrogen and oxygen atoms in total. The molecule has 0 saturated carbocycles. The summed E-state index contributed by atoms with van der Waals surface area (Å²) in [6.07, 6.45) is 2.22. The van der Waals surface area contributed by atoms with Gasteiger partial charge in [-0.2, -0.15) is 0 Å². The summed E-state index contributed by atoms with van der Waals surface area (Å²) in [6.45, 7) is 8.29. The number of hydrogen-bond donors (Lipinski definition) is 1. The van der Waals surface area contributed by atoms with Crippen LogP contribution in [0.3, 0.4) is 0 Å². The zero-order chi connectivity index (χ0) is 12.2. The van der Waals surface area contributed by atoms with Crippen LogP contribution in [0.1, 0.15) is 32.8 Å². The fourth-order valence-corrected chi connectivity index (χ4v) is 1.43. The number of nitrogens with one attached hydrogen (secondary N) is 1. The molecular weight excluding hydrogens is 198 g/mol. The average molecular weight is 223 g/mol. The van der Waals surface area contributed by atoms with Gasteiger partial charge in [-0.3, -0.25) is 0 Å². The Morgan fingerprint density at radius 3 is 2.44 bits per heavy atom. The highest BCUT2D eigenvalue weighted by Gasteiger charge is 1.99. The van der Waals surface area contributed by atoms with Gasteiger partial charge in [0, 0.05) is 0 Å². The second-order valence-corrected chi connectivity index (χ2v) is 3.31. The van der Waals surface area contributed by atoms with Crippen molar-refractivity contribution in [2.24, 2.45) is 0 Å². The summed E-state index contributed by atoms with van der Waals surface area (Å²) < 4.78 is 5.27. The van der Waals surface area contributed by atoms with E-state index in [-0.39, 0.29) is 0 Å². The third kappa shape index (κ3) is 5.76. The summed E-state index contributed by atoms with van der Waals surface area (Å²) >= 11 is 0. The zero-order valence-corrected chi connectivity index (χ0v) is 11.0. The smallest absolute Gasteiger partial charge is 0.122 e. The molecule has 2 heteroatoms. The van der Waals surface area contributed by atoms with Gasteiger partial charge in [-0.05, 0) is 37.6 Å². The number of hydrogen-bond acceptors (Lipinski definition) is 2. The van der Waals surface area contributed by atoms with Crippen LogP contribution in [-0.2, 0) is 6.42 Å². The molecule has 0 aliphatic carbocycles. The van der Waals surface area contributed by atoms with Crippen molar-refractivity contribution in [2.75, 3.05) is 20.2 Å². The molecule has 1 aromatic carbocycles. The van der Waals surface area contributed by atoms with Crippen LogP contribution in [0.15, 0.2) is 24.3 Å². The largest absolute Gasteiger partial charge is 0.496 e.